The van der Waals surface area contributed by atoms with Crippen LogP contribution in [0.25, 0.3) is 0 Å². The van der Waals surface area contributed by atoms with Gasteiger partial charge in [-0.3, -0.25) is 9.59 Å². The Kier molecular flexibility index (Phi) is 7.80. The first-order valence-corrected chi connectivity index (χ1v) is 11.4. The molecule has 188 valence electrons. The fourth-order valence-corrected chi connectivity index (χ4v) is 4.60. The van der Waals surface area contributed by atoms with Crippen LogP contribution in [0.4, 0.5) is 0 Å². The molecule has 0 fully saturated rings. The molecular weight excluding hydrogens is 442 g/mol. The quantitative estimate of drug-likeness (QED) is 0.311. The maximum atomic E-state index is 13.1. The molecular formula is C25H35NO8. The lowest BCUT2D eigenvalue weighted by Gasteiger charge is -2.34. The van der Waals surface area contributed by atoms with Crippen molar-refractivity contribution < 1.29 is 38.1 Å². The first-order chi connectivity index (χ1) is 15.6. The maximum Gasteiger partial charge on any atom is 0.344 e. The molecule has 0 aliphatic carbocycles. The van der Waals surface area contributed by atoms with Gasteiger partial charge in [-0.15, -0.1) is 0 Å². The Labute approximate surface area is 200 Å². The number of hydrogen-bond donors (Lipinski definition) is 0. The third kappa shape index (κ3) is 5.74. The van der Waals surface area contributed by atoms with Gasteiger partial charge >= 0.3 is 17.9 Å². The van der Waals surface area contributed by atoms with E-state index in [9.17, 15) is 19.2 Å². The molecule has 0 amide bonds. The zero-order valence-corrected chi connectivity index (χ0v) is 21.5. The number of nitrogens with zero attached hydrogens (tertiary/aromatic N) is 1. The highest BCUT2D eigenvalue weighted by molar-refractivity contribution is 6.25. The molecule has 0 saturated carbocycles. The topological polar surface area (TPSA) is 118 Å². The highest BCUT2D eigenvalue weighted by Gasteiger charge is 2.60. The van der Waals surface area contributed by atoms with Crippen molar-refractivity contribution >= 4 is 29.6 Å². The first-order valence-electron chi connectivity index (χ1n) is 11.4. The molecule has 2 aliphatic heterocycles. The van der Waals surface area contributed by atoms with Gasteiger partial charge in [0.25, 0.3) is 0 Å². The summed E-state index contributed by atoms with van der Waals surface area (Å²) in [5, 5.41) is 0. The molecule has 2 atom stereocenters. The second-order valence-corrected chi connectivity index (χ2v) is 10.4. The van der Waals surface area contributed by atoms with Crippen molar-refractivity contribution in [3.8, 4) is 0 Å². The van der Waals surface area contributed by atoms with Crippen LogP contribution in [0.3, 0.4) is 0 Å². The molecule has 0 spiro atoms. The smallest absolute Gasteiger partial charge is 0.344 e. The number of esters is 3. The van der Waals surface area contributed by atoms with E-state index in [0.717, 1.165) is 6.08 Å². The largest absolute Gasteiger partial charge is 0.464 e. The number of ether oxygens (including phenoxy) is 4. The molecule has 0 N–H and O–H groups in total. The van der Waals surface area contributed by atoms with Crippen LogP contribution in [0.5, 0.6) is 0 Å². The van der Waals surface area contributed by atoms with Gasteiger partial charge < -0.3 is 18.9 Å². The number of cyclic esters (lactones) is 1. The van der Waals surface area contributed by atoms with Gasteiger partial charge in [-0.1, -0.05) is 20.8 Å². The Hall–Kier alpha value is -2.97. The van der Waals surface area contributed by atoms with E-state index in [1.165, 1.54) is 13.8 Å². The lowest BCUT2D eigenvalue weighted by molar-refractivity contribution is -0.157. The lowest BCUT2D eigenvalue weighted by Crippen LogP contribution is -2.50. The van der Waals surface area contributed by atoms with Crippen LogP contribution in [0.15, 0.2) is 28.0 Å². The summed E-state index contributed by atoms with van der Waals surface area (Å²) >= 11 is 0. The minimum Gasteiger partial charge on any atom is -0.464 e. The Morgan fingerprint density at radius 2 is 1.62 bits per heavy atom. The van der Waals surface area contributed by atoms with Crippen LogP contribution in [0.2, 0.25) is 0 Å². The highest BCUT2D eigenvalue weighted by Crippen LogP contribution is 2.44. The van der Waals surface area contributed by atoms with Crippen molar-refractivity contribution in [1.29, 1.82) is 0 Å². The zero-order valence-electron chi connectivity index (χ0n) is 21.5. The molecule has 34 heavy (non-hydrogen) atoms. The van der Waals surface area contributed by atoms with Crippen molar-refractivity contribution in [1.82, 2.24) is 0 Å². The van der Waals surface area contributed by atoms with Crippen LogP contribution < -0.4 is 0 Å². The van der Waals surface area contributed by atoms with E-state index in [-0.39, 0.29) is 41.4 Å². The van der Waals surface area contributed by atoms with Crippen LogP contribution >= 0.6 is 0 Å². The molecule has 2 rings (SSSR count). The molecule has 0 aromatic heterocycles. The Morgan fingerprint density at radius 3 is 2.12 bits per heavy atom. The van der Waals surface area contributed by atoms with E-state index in [4.69, 9.17) is 18.9 Å². The number of carbonyl (C=O) groups is 4. The Balaban J connectivity index is 2.81. The van der Waals surface area contributed by atoms with Crippen molar-refractivity contribution in [2.24, 2.45) is 16.3 Å². The van der Waals surface area contributed by atoms with Gasteiger partial charge in [-0.25, -0.2) is 14.6 Å². The Bertz CT molecular complexity index is 979. The summed E-state index contributed by atoms with van der Waals surface area (Å²) in [5.41, 5.74) is -3.27. The molecule has 2 heterocycles. The minimum atomic E-state index is -1.89. The predicted octanol–water partition coefficient (Wildman–Crippen LogP) is 3.46. The van der Waals surface area contributed by atoms with Crippen molar-refractivity contribution in [2.75, 3.05) is 13.2 Å². The normalized spacial score (nSPS) is 24.6. The second-order valence-electron chi connectivity index (χ2n) is 10.4. The molecule has 0 aromatic rings. The molecule has 0 bridgehead atoms. The van der Waals surface area contributed by atoms with Crippen LogP contribution in [-0.4, -0.2) is 53.9 Å². The van der Waals surface area contributed by atoms with Crippen LogP contribution in [0.1, 0.15) is 68.7 Å². The average molecular weight is 478 g/mol. The van der Waals surface area contributed by atoms with Gasteiger partial charge in [0.1, 0.15) is 16.9 Å². The summed E-state index contributed by atoms with van der Waals surface area (Å²) in [4.78, 5) is 56.6. The Morgan fingerprint density at radius 1 is 1.06 bits per heavy atom. The molecule has 2 unspecified atom stereocenters. The van der Waals surface area contributed by atoms with E-state index < -0.39 is 40.7 Å². The number of hydrogen-bond acceptors (Lipinski definition) is 9. The summed E-state index contributed by atoms with van der Waals surface area (Å²) in [6.07, 6.45) is 1.77. The lowest BCUT2D eigenvalue weighted by atomic mass is 9.78. The monoisotopic (exact) mass is 477 g/mol. The molecule has 0 radical (unpaired) electrons. The summed E-state index contributed by atoms with van der Waals surface area (Å²) in [6.45, 7) is 16.0. The minimum absolute atomic E-state index is 0.00141. The van der Waals surface area contributed by atoms with E-state index in [1.54, 1.807) is 13.8 Å². The first kappa shape index (κ1) is 27.3. The summed E-state index contributed by atoms with van der Waals surface area (Å²) in [7, 11) is 0. The van der Waals surface area contributed by atoms with Crippen molar-refractivity contribution in [3.63, 3.8) is 0 Å². The molecule has 0 saturated heterocycles. The second kappa shape index (κ2) is 9.72. The third-order valence-corrected chi connectivity index (χ3v) is 5.27. The average Bonchev–Trinajstić information content (AvgIpc) is 2.90. The number of ketones is 1. The maximum absolute atomic E-state index is 13.1. The number of allylic oxidation sites excluding steroid dienone is 2. The summed E-state index contributed by atoms with van der Waals surface area (Å²) < 4.78 is 21.7. The molecule has 0 aromatic carbocycles. The van der Waals surface area contributed by atoms with Crippen molar-refractivity contribution in [3.05, 3.63) is 23.0 Å². The van der Waals surface area contributed by atoms with Gasteiger partial charge in [-0.05, 0) is 53.4 Å². The summed E-state index contributed by atoms with van der Waals surface area (Å²) in [5.74, 6) is -4.87. The molecule has 9 nitrogen and oxygen atoms in total. The fourth-order valence-electron chi connectivity index (χ4n) is 4.60. The van der Waals surface area contributed by atoms with E-state index in [2.05, 4.69) is 4.99 Å². The summed E-state index contributed by atoms with van der Waals surface area (Å²) in [6, 6.07) is 0. The van der Waals surface area contributed by atoms with E-state index in [1.807, 2.05) is 34.6 Å². The van der Waals surface area contributed by atoms with Gasteiger partial charge in [-0.2, -0.15) is 0 Å². The van der Waals surface area contributed by atoms with Gasteiger partial charge in [0.2, 0.25) is 5.90 Å². The van der Waals surface area contributed by atoms with Crippen molar-refractivity contribution in [2.45, 2.75) is 79.9 Å². The highest BCUT2D eigenvalue weighted by atomic mass is 16.6. The van der Waals surface area contributed by atoms with Gasteiger partial charge in [0.05, 0.1) is 18.8 Å². The van der Waals surface area contributed by atoms with Gasteiger partial charge in [0, 0.05) is 6.08 Å². The molecule has 2 aliphatic rings. The SMILES string of the molecule is CCOC(=O)C1=C(C(=O)OCC)C(C)(C2C(=O)C=C(C)OC2=O)OC1=NC(C)(C)CC(C)(C)C. The van der Waals surface area contributed by atoms with E-state index in [0.29, 0.717) is 6.42 Å². The van der Waals surface area contributed by atoms with E-state index >= 15 is 0 Å². The van der Waals surface area contributed by atoms with Crippen LogP contribution in [0, 0.1) is 11.3 Å². The third-order valence-electron chi connectivity index (χ3n) is 5.27. The predicted molar refractivity (Wildman–Crippen MR) is 124 cm³/mol. The number of rotatable bonds is 7. The number of carbonyl (C=O) groups excluding carboxylic acids is 4. The standard InChI is InChI=1S/C25H35NO8/c1-10-31-20(28)16-18(21(29)32-11-2)25(9,17-15(27)12-14(3)33-22(17)30)34-19(16)26-24(7,8)13-23(4,5)6/h12,17H,10-11,13H2,1-9H3. The molecule has 9 heteroatoms. The fraction of sp³-hybridized carbons (Fsp3) is 0.640. The van der Waals surface area contributed by atoms with Crippen LogP contribution in [-0.2, 0) is 38.1 Å². The number of aliphatic imine (C=N–C) groups is 1. The van der Waals surface area contributed by atoms with Gasteiger partial charge in [0.15, 0.2) is 17.3 Å². The zero-order chi connectivity index (χ0) is 26.1.